The number of aliphatic carboxylic acids is 1. The highest BCUT2D eigenvalue weighted by Gasteiger charge is 2.34. The van der Waals surface area contributed by atoms with E-state index < -0.39 is 21.1 Å². The number of hydrogen-bond acceptors (Lipinski definition) is 4. The van der Waals surface area contributed by atoms with E-state index in [4.69, 9.17) is 0 Å². The predicted octanol–water partition coefficient (Wildman–Crippen LogP) is 3.23. The summed E-state index contributed by atoms with van der Waals surface area (Å²) in [7, 11) is -3.48. The lowest BCUT2D eigenvalue weighted by Crippen LogP contribution is -2.31. The minimum absolute atomic E-state index is 0.0184. The van der Waals surface area contributed by atoms with E-state index in [1.54, 1.807) is 6.08 Å². The van der Waals surface area contributed by atoms with Crippen molar-refractivity contribution in [1.82, 2.24) is 5.32 Å². The number of carbonyl (C=O) groups is 1. The fraction of sp³-hybridized carbons (Fsp3) is 0.450. The fourth-order valence-electron chi connectivity index (χ4n) is 3.32. The average molecular weight is 378 g/mol. The number of sulfone groups is 1. The van der Waals surface area contributed by atoms with Crippen LogP contribution in [0.4, 0.5) is 0 Å². The molecule has 0 heterocycles. The second-order valence-corrected chi connectivity index (χ2v) is 9.21. The molecule has 1 unspecified atom stereocenters. The van der Waals surface area contributed by atoms with E-state index in [2.05, 4.69) is 12.2 Å². The Kier molecular flexibility index (Phi) is 6.29. The minimum Gasteiger partial charge on any atom is -0.478 e. The number of carboxylic acid groups (broad SMARTS) is 1. The number of rotatable bonds is 7. The van der Waals surface area contributed by atoms with Gasteiger partial charge in [-0.3, -0.25) is 0 Å². The summed E-state index contributed by atoms with van der Waals surface area (Å²) >= 11 is 0. The molecule has 0 aromatic heterocycles. The lowest BCUT2D eigenvalue weighted by atomic mass is 9.89. The molecule has 0 bridgehead atoms. The molecule has 1 aliphatic rings. The SMILES string of the molecule is CCCCNC1=C(c2cc(C)cc(C)c2)C(S(C)(=O)=O)CC(C(=O)O)=C1. The van der Waals surface area contributed by atoms with Crippen molar-refractivity contribution in [2.75, 3.05) is 12.8 Å². The highest BCUT2D eigenvalue weighted by Crippen LogP contribution is 2.36. The van der Waals surface area contributed by atoms with Crippen LogP contribution in [0.3, 0.4) is 0 Å². The van der Waals surface area contributed by atoms with Crippen LogP contribution in [-0.4, -0.2) is 37.5 Å². The molecule has 142 valence electrons. The van der Waals surface area contributed by atoms with Crippen LogP contribution in [0.1, 0.15) is 42.9 Å². The third-order valence-electron chi connectivity index (χ3n) is 4.51. The molecule has 5 nitrogen and oxygen atoms in total. The summed E-state index contributed by atoms with van der Waals surface area (Å²) in [6.07, 6.45) is 4.66. The van der Waals surface area contributed by atoms with Gasteiger partial charge in [-0.1, -0.05) is 42.7 Å². The zero-order valence-electron chi connectivity index (χ0n) is 15.8. The molecule has 0 aliphatic heterocycles. The highest BCUT2D eigenvalue weighted by atomic mass is 32.2. The predicted molar refractivity (Wildman–Crippen MR) is 105 cm³/mol. The molecule has 2 rings (SSSR count). The number of carboxylic acids is 1. The van der Waals surface area contributed by atoms with E-state index in [0.29, 0.717) is 17.8 Å². The second-order valence-electron chi connectivity index (χ2n) is 6.98. The summed E-state index contributed by atoms with van der Waals surface area (Å²) < 4.78 is 25.0. The molecule has 1 aromatic rings. The average Bonchev–Trinajstić information content (AvgIpc) is 2.52. The number of allylic oxidation sites excluding steroid dienone is 1. The van der Waals surface area contributed by atoms with E-state index in [1.807, 2.05) is 32.0 Å². The molecule has 2 N–H and O–H groups in total. The van der Waals surface area contributed by atoms with E-state index in [9.17, 15) is 18.3 Å². The summed E-state index contributed by atoms with van der Waals surface area (Å²) in [5.74, 6) is -1.08. The van der Waals surface area contributed by atoms with Gasteiger partial charge in [0.1, 0.15) is 0 Å². The fourth-order valence-corrected chi connectivity index (χ4v) is 4.49. The molecule has 0 saturated heterocycles. The van der Waals surface area contributed by atoms with Gasteiger partial charge < -0.3 is 10.4 Å². The Bertz CT molecular complexity index is 846. The zero-order chi connectivity index (χ0) is 19.5. The summed E-state index contributed by atoms with van der Waals surface area (Å²) in [6.45, 7) is 6.68. The smallest absolute Gasteiger partial charge is 0.331 e. The van der Waals surface area contributed by atoms with Crippen LogP contribution in [0, 0.1) is 13.8 Å². The summed E-state index contributed by atoms with van der Waals surface area (Å²) in [5, 5.41) is 11.8. The molecule has 0 amide bonds. The van der Waals surface area contributed by atoms with Crippen LogP contribution in [0.5, 0.6) is 0 Å². The molecule has 1 aromatic carbocycles. The lowest BCUT2D eigenvalue weighted by molar-refractivity contribution is -0.132. The van der Waals surface area contributed by atoms with Crippen molar-refractivity contribution in [3.8, 4) is 0 Å². The first-order valence-corrected chi connectivity index (χ1v) is 10.8. The van der Waals surface area contributed by atoms with Crippen LogP contribution < -0.4 is 5.32 Å². The van der Waals surface area contributed by atoms with Crippen LogP contribution in [0.25, 0.3) is 5.57 Å². The van der Waals surface area contributed by atoms with Crippen LogP contribution in [0.15, 0.2) is 35.5 Å². The van der Waals surface area contributed by atoms with E-state index in [0.717, 1.165) is 29.5 Å². The molecule has 6 heteroatoms. The first-order valence-electron chi connectivity index (χ1n) is 8.83. The van der Waals surface area contributed by atoms with Gasteiger partial charge in [-0.05, 0) is 31.9 Å². The Morgan fingerprint density at radius 3 is 2.35 bits per heavy atom. The van der Waals surface area contributed by atoms with E-state index in [-0.39, 0.29) is 12.0 Å². The van der Waals surface area contributed by atoms with Crippen molar-refractivity contribution in [2.45, 2.75) is 45.3 Å². The van der Waals surface area contributed by atoms with Gasteiger partial charge in [0.05, 0.1) is 5.25 Å². The van der Waals surface area contributed by atoms with Crippen molar-refractivity contribution < 1.29 is 18.3 Å². The number of hydrogen-bond donors (Lipinski definition) is 2. The second kappa shape index (κ2) is 8.08. The van der Waals surface area contributed by atoms with E-state index in [1.165, 1.54) is 6.26 Å². The van der Waals surface area contributed by atoms with Gasteiger partial charge in [0.15, 0.2) is 9.84 Å². The molecule has 1 atom stereocenters. The normalized spacial score (nSPS) is 17.8. The number of benzene rings is 1. The van der Waals surface area contributed by atoms with Crippen LogP contribution in [-0.2, 0) is 14.6 Å². The summed E-state index contributed by atoms with van der Waals surface area (Å²) in [4.78, 5) is 11.5. The van der Waals surface area contributed by atoms with Gasteiger partial charge in [0.2, 0.25) is 0 Å². The number of aryl methyl sites for hydroxylation is 2. The molecule has 0 spiro atoms. The maximum atomic E-state index is 12.5. The Morgan fingerprint density at radius 2 is 1.85 bits per heavy atom. The summed E-state index contributed by atoms with van der Waals surface area (Å²) in [6, 6.07) is 5.95. The number of nitrogens with one attached hydrogen (secondary N) is 1. The van der Waals surface area contributed by atoms with Gasteiger partial charge in [0, 0.05) is 36.1 Å². The topological polar surface area (TPSA) is 83.5 Å². The van der Waals surface area contributed by atoms with Crippen LogP contribution >= 0.6 is 0 Å². The van der Waals surface area contributed by atoms with Gasteiger partial charge in [0.25, 0.3) is 0 Å². The standard InChI is InChI=1S/C20H27NO4S/c1-5-6-7-21-17-11-16(20(22)23)12-18(26(4,24)25)19(17)15-9-13(2)8-14(3)10-15/h8-11,18,21H,5-7,12H2,1-4H3,(H,22,23). The Labute approximate surface area is 155 Å². The maximum Gasteiger partial charge on any atom is 0.331 e. The van der Waals surface area contributed by atoms with Crippen LogP contribution in [0.2, 0.25) is 0 Å². The van der Waals surface area contributed by atoms with Crippen molar-refractivity contribution in [2.24, 2.45) is 0 Å². The molecule has 1 aliphatic carbocycles. The van der Waals surface area contributed by atoms with Gasteiger partial charge in [-0.2, -0.15) is 0 Å². The first-order chi connectivity index (χ1) is 12.1. The minimum atomic E-state index is -3.48. The monoisotopic (exact) mass is 377 g/mol. The quantitative estimate of drug-likeness (QED) is 0.713. The zero-order valence-corrected chi connectivity index (χ0v) is 16.6. The largest absolute Gasteiger partial charge is 0.478 e. The van der Waals surface area contributed by atoms with E-state index >= 15 is 0 Å². The van der Waals surface area contributed by atoms with Crippen molar-refractivity contribution in [1.29, 1.82) is 0 Å². The maximum absolute atomic E-state index is 12.5. The molecular formula is C20H27NO4S. The molecular weight excluding hydrogens is 350 g/mol. The van der Waals surface area contributed by atoms with Gasteiger partial charge in [-0.25, -0.2) is 13.2 Å². The van der Waals surface area contributed by atoms with Crippen molar-refractivity contribution in [3.63, 3.8) is 0 Å². The first kappa shape index (κ1) is 20.2. The van der Waals surface area contributed by atoms with Crippen molar-refractivity contribution >= 4 is 21.4 Å². The third-order valence-corrected chi connectivity index (χ3v) is 5.94. The molecule has 0 saturated carbocycles. The Hall–Kier alpha value is -2.08. The number of unbranched alkanes of at least 4 members (excludes halogenated alkanes) is 1. The molecule has 0 radical (unpaired) electrons. The van der Waals surface area contributed by atoms with Gasteiger partial charge in [-0.15, -0.1) is 0 Å². The Balaban J connectivity index is 2.70. The van der Waals surface area contributed by atoms with Crippen molar-refractivity contribution in [3.05, 3.63) is 52.2 Å². The Morgan fingerprint density at radius 1 is 1.23 bits per heavy atom. The lowest BCUT2D eigenvalue weighted by Gasteiger charge is -2.28. The van der Waals surface area contributed by atoms with Gasteiger partial charge >= 0.3 is 5.97 Å². The highest BCUT2D eigenvalue weighted by molar-refractivity contribution is 7.91. The molecule has 26 heavy (non-hydrogen) atoms. The molecule has 0 fully saturated rings. The summed E-state index contributed by atoms with van der Waals surface area (Å²) in [5.41, 5.74) is 4.30. The third kappa shape index (κ3) is 4.75.